The summed E-state index contributed by atoms with van der Waals surface area (Å²) in [5.74, 6) is 0.490. The van der Waals surface area contributed by atoms with Gasteiger partial charge in [-0.05, 0) is 31.5 Å². The molecule has 0 fully saturated rings. The normalized spacial score (nSPS) is 16.3. The highest BCUT2D eigenvalue weighted by Gasteiger charge is 2.31. The number of carbonyl (C=O) groups excluding carboxylic acids is 2. The van der Waals surface area contributed by atoms with Crippen LogP contribution in [0.4, 0.5) is 5.69 Å². The molecule has 132 valence electrons. The molecule has 0 radical (unpaired) electrons. The van der Waals surface area contributed by atoms with Crippen molar-refractivity contribution < 1.29 is 14.3 Å². The van der Waals surface area contributed by atoms with Crippen molar-refractivity contribution in [2.24, 2.45) is 0 Å². The minimum absolute atomic E-state index is 0.0649. The van der Waals surface area contributed by atoms with Gasteiger partial charge in [-0.15, -0.1) is 0 Å². The Morgan fingerprint density at radius 1 is 1.28 bits per heavy atom. The molecule has 1 atom stereocenters. The Hall–Kier alpha value is -2.83. The number of nitrogens with one attached hydrogen (secondary N) is 1. The number of ether oxygens (including phenoxy) is 1. The van der Waals surface area contributed by atoms with Gasteiger partial charge in [0.25, 0.3) is 5.91 Å². The molecule has 2 heterocycles. The summed E-state index contributed by atoms with van der Waals surface area (Å²) in [5, 5.41) is 7.00. The Morgan fingerprint density at radius 3 is 2.92 bits per heavy atom. The summed E-state index contributed by atoms with van der Waals surface area (Å²) in [4.78, 5) is 26.0. The van der Waals surface area contributed by atoms with Crippen molar-refractivity contribution in [2.75, 3.05) is 18.0 Å². The van der Waals surface area contributed by atoms with Gasteiger partial charge in [-0.3, -0.25) is 14.3 Å². The first-order chi connectivity index (χ1) is 12.1. The smallest absolute Gasteiger partial charge is 0.267 e. The second-order valence-corrected chi connectivity index (χ2v) is 5.94. The summed E-state index contributed by atoms with van der Waals surface area (Å²) >= 11 is 0. The lowest BCUT2D eigenvalue weighted by Gasteiger charge is -2.32. The van der Waals surface area contributed by atoms with Crippen LogP contribution in [-0.2, 0) is 16.1 Å². The van der Waals surface area contributed by atoms with Crippen molar-refractivity contribution in [1.29, 1.82) is 0 Å². The van der Waals surface area contributed by atoms with Gasteiger partial charge in [-0.2, -0.15) is 5.10 Å². The van der Waals surface area contributed by atoms with Crippen molar-refractivity contribution in [3.05, 3.63) is 42.7 Å². The fourth-order valence-corrected chi connectivity index (χ4v) is 2.79. The summed E-state index contributed by atoms with van der Waals surface area (Å²) in [5.41, 5.74) is 0.720. The van der Waals surface area contributed by atoms with E-state index in [9.17, 15) is 9.59 Å². The number of hydrogen-bond donors (Lipinski definition) is 1. The highest BCUT2D eigenvalue weighted by Crippen LogP contribution is 2.33. The van der Waals surface area contributed by atoms with Gasteiger partial charge in [0.1, 0.15) is 5.75 Å². The van der Waals surface area contributed by atoms with Gasteiger partial charge in [0.15, 0.2) is 6.10 Å². The maximum atomic E-state index is 12.4. The number of aromatic nitrogens is 2. The van der Waals surface area contributed by atoms with Crippen LogP contribution >= 0.6 is 0 Å². The molecule has 1 aromatic carbocycles. The molecule has 1 aliphatic heterocycles. The Morgan fingerprint density at radius 2 is 2.12 bits per heavy atom. The summed E-state index contributed by atoms with van der Waals surface area (Å²) in [7, 11) is 0. The second-order valence-electron chi connectivity index (χ2n) is 5.94. The van der Waals surface area contributed by atoms with Gasteiger partial charge in [-0.25, -0.2) is 0 Å². The van der Waals surface area contributed by atoms with Crippen LogP contribution in [0.5, 0.6) is 5.75 Å². The molecular weight excluding hydrogens is 320 g/mol. The van der Waals surface area contributed by atoms with Gasteiger partial charge in [0.2, 0.25) is 5.91 Å². The number of carbonyl (C=O) groups is 2. The Balaban J connectivity index is 1.47. The highest BCUT2D eigenvalue weighted by atomic mass is 16.5. The van der Waals surface area contributed by atoms with E-state index in [2.05, 4.69) is 10.4 Å². The summed E-state index contributed by atoms with van der Waals surface area (Å²) in [6.07, 6.45) is 4.16. The average Bonchev–Trinajstić information content (AvgIpc) is 3.12. The number of para-hydroxylation sites is 2. The minimum atomic E-state index is -0.535. The standard InChI is InChI=1S/C18H22N4O3/c1-14-18(24)22(15-6-2-3-7-16(15)25-14)13-8-17(23)19-9-4-11-21-12-5-10-20-21/h2-3,5-7,10,12,14H,4,8-9,11,13H2,1H3,(H,19,23)/t14-/m0/s1. The van der Waals surface area contributed by atoms with Gasteiger partial charge in [0, 0.05) is 38.4 Å². The predicted molar refractivity (Wildman–Crippen MR) is 93.4 cm³/mol. The molecule has 3 rings (SSSR count). The SMILES string of the molecule is C[C@@H]1Oc2ccccc2N(CCC(=O)NCCCn2cccn2)C1=O. The lowest BCUT2D eigenvalue weighted by molar-refractivity contribution is -0.125. The third-order valence-electron chi connectivity index (χ3n) is 4.08. The molecule has 0 saturated heterocycles. The van der Waals surface area contributed by atoms with Crippen molar-refractivity contribution >= 4 is 17.5 Å². The third kappa shape index (κ3) is 4.17. The first-order valence-electron chi connectivity index (χ1n) is 8.46. The molecule has 1 aromatic heterocycles. The van der Waals surface area contributed by atoms with Crippen LogP contribution in [0.1, 0.15) is 19.8 Å². The molecule has 7 heteroatoms. The Bertz CT molecular complexity index is 730. The van der Waals surface area contributed by atoms with E-state index in [-0.39, 0.29) is 18.2 Å². The molecule has 0 saturated carbocycles. The van der Waals surface area contributed by atoms with Gasteiger partial charge >= 0.3 is 0 Å². The Kier molecular flexibility index (Phi) is 5.33. The van der Waals surface area contributed by atoms with Crippen LogP contribution in [0.2, 0.25) is 0 Å². The molecule has 2 aromatic rings. The lowest BCUT2D eigenvalue weighted by atomic mass is 10.1. The quantitative estimate of drug-likeness (QED) is 0.776. The van der Waals surface area contributed by atoms with Crippen LogP contribution in [0.3, 0.4) is 0 Å². The number of anilines is 1. The zero-order chi connectivity index (χ0) is 17.6. The van der Waals surface area contributed by atoms with Crippen molar-refractivity contribution in [1.82, 2.24) is 15.1 Å². The van der Waals surface area contributed by atoms with E-state index in [1.54, 1.807) is 18.0 Å². The molecule has 0 aliphatic carbocycles. The molecule has 0 bridgehead atoms. The first-order valence-corrected chi connectivity index (χ1v) is 8.46. The predicted octanol–water partition coefficient (Wildman–Crippen LogP) is 1.59. The van der Waals surface area contributed by atoms with Crippen LogP contribution < -0.4 is 15.0 Å². The van der Waals surface area contributed by atoms with Crippen molar-refractivity contribution in [3.63, 3.8) is 0 Å². The molecule has 0 unspecified atom stereocenters. The van der Waals surface area contributed by atoms with E-state index in [1.807, 2.05) is 41.2 Å². The minimum Gasteiger partial charge on any atom is -0.479 e. The zero-order valence-corrected chi connectivity index (χ0v) is 14.2. The Labute approximate surface area is 146 Å². The molecule has 1 N–H and O–H groups in total. The first kappa shape index (κ1) is 17.0. The summed E-state index contributed by atoms with van der Waals surface area (Å²) in [6.45, 7) is 3.41. The van der Waals surface area contributed by atoms with Crippen LogP contribution in [-0.4, -0.2) is 40.8 Å². The number of aryl methyl sites for hydroxylation is 1. The molecule has 1 aliphatic rings. The fourth-order valence-electron chi connectivity index (χ4n) is 2.79. The number of fused-ring (bicyclic) bond motifs is 1. The second kappa shape index (κ2) is 7.83. The average molecular weight is 342 g/mol. The number of nitrogens with zero attached hydrogens (tertiary/aromatic N) is 3. The maximum absolute atomic E-state index is 12.4. The van der Waals surface area contributed by atoms with Gasteiger partial charge in [-0.1, -0.05) is 12.1 Å². The van der Waals surface area contributed by atoms with Gasteiger partial charge < -0.3 is 15.0 Å². The van der Waals surface area contributed by atoms with E-state index in [4.69, 9.17) is 4.74 Å². The van der Waals surface area contributed by atoms with E-state index >= 15 is 0 Å². The van der Waals surface area contributed by atoms with E-state index in [1.165, 1.54) is 0 Å². The van der Waals surface area contributed by atoms with Crippen molar-refractivity contribution in [3.8, 4) is 5.75 Å². The van der Waals surface area contributed by atoms with E-state index in [0.717, 1.165) is 18.7 Å². The number of hydrogen-bond acceptors (Lipinski definition) is 4. The molecule has 25 heavy (non-hydrogen) atoms. The largest absolute Gasteiger partial charge is 0.479 e. The maximum Gasteiger partial charge on any atom is 0.267 e. The van der Waals surface area contributed by atoms with Gasteiger partial charge in [0.05, 0.1) is 5.69 Å². The van der Waals surface area contributed by atoms with E-state index in [0.29, 0.717) is 18.8 Å². The van der Waals surface area contributed by atoms with Crippen molar-refractivity contribution in [2.45, 2.75) is 32.4 Å². The van der Waals surface area contributed by atoms with Crippen LogP contribution in [0.25, 0.3) is 0 Å². The summed E-state index contributed by atoms with van der Waals surface area (Å²) < 4.78 is 7.43. The fraction of sp³-hybridized carbons (Fsp3) is 0.389. The summed E-state index contributed by atoms with van der Waals surface area (Å²) in [6, 6.07) is 9.26. The molecule has 0 spiro atoms. The van der Waals surface area contributed by atoms with Crippen LogP contribution in [0.15, 0.2) is 42.7 Å². The molecular formula is C18H22N4O3. The number of amides is 2. The monoisotopic (exact) mass is 342 g/mol. The third-order valence-corrected chi connectivity index (χ3v) is 4.08. The zero-order valence-electron chi connectivity index (χ0n) is 14.2. The highest BCUT2D eigenvalue weighted by molar-refractivity contribution is 6.00. The topological polar surface area (TPSA) is 76.5 Å². The number of benzene rings is 1. The lowest BCUT2D eigenvalue weighted by Crippen LogP contribution is -2.45. The molecule has 2 amide bonds. The van der Waals surface area contributed by atoms with E-state index < -0.39 is 6.10 Å². The van der Waals surface area contributed by atoms with Crippen LogP contribution in [0, 0.1) is 0 Å². The number of rotatable bonds is 7. The molecule has 7 nitrogen and oxygen atoms in total.